The van der Waals surface area contributed by atoms with Crippen molar-refractivity contribution in [3.05, 3.63) is 82.9 Å². The van der Waals surface area contributed by atoms with Gasteiger partial charge in [0.05, 0.1) is 24.6 Å². The Morgan fingerprint density at radius 3 is 2.33 bits per heavy atom. The van der Waals surface area contributed by atoms with E-state index in [0.29, 0.717) is 28.6 Å². The molecule has 4 aliphatic heterocycles. The number of esters is 1. The minimum atomic E-state index is -1.50. The van der Waals surface area contributed by atoms with Crippen molar-refractivity contribution in [3.8, 4) is 0 Å². The van der Waals surface area contributed by atoms with Gasteiger partial charge in [0.15, 0.2) is 0 Å². The van der Waals surface area contributed by atoms with Gasteiger partial charge in [0.2, 0.25) is 11.8 Å². The molecule has 2 fully saturated rings. The van der Waals surface area contributed by atoms with Crippen LogP contribution in [0.3, 0.4) is 0 Å². The molecule has 4 heterocycles. The Labute approximate surface area is 307 Å². The second-order valence-corrected chi connectivity index (χ2v) is 14.5. The third-order valence-electron chi connectivity index (χ3n) is 10.7. The lowest BCUT2D eigenvalue weighted by molar-refractivity contribution is -0.161. The Kier molecular flexibility index (Phi) is 11.0. The number of fused-ring (bicyclic) bond motifs is 2. The van der Waals surface area contributed by atoms with Gasteiger partial charge < -0.3 is 34.6 Å². The number of allylic oxidation sites excluding steroid dienone is 1. The molecule has 5 bridgehead atoms. The number of anilines is 2. The summed E-state index contributed by atoms with van der Waals surface area (Å²) in [7, 11) is 0. The van der Waals surface area contributed by atoms with Crippen LogP contribution in [0.5, 0.6) is 0 Å². The molecule has 11 nitrogen and oxygen atoms in total. The summed E-state index contributed by atoms with van der Waals surface area (Å²) >= 11 is 3.61. The largest absolute Gasteiger partial charge is 0.455 e. The zero-order chi connectivity index (χ0) is 36.4. The Bertz CT molecular complexity index is 1680. The molecule has 6 rings (SSSR count). The van der Waals surface area contributed by atoms with E-state index >= 15 is 4.79 Å². The van der Waals surface area contributed by atoms with Crippen molar-refractivity contribution >= 4 is 51.0 Å². The van der Waals surface area contributed by atoms with Crippen LogP contribution in [0.1, 0.15) is 58.6 Å². The van der Waals surface area contributed by atoms with Crippen molar-refractivity contribution in [2.75, 3.05) is 36.0 Å². The van der Waals surface area contributed by atoms with E-state index in [1.54, 1.807) is 17.9 Å². The average molecular weight is 764 g/mol. The highest BCUT2D eigenvalue weighted by atomic mass is 79.9. The van der Waals surface area contributed by atoms with Gasteiger partial charge in [-0.1, -0.05) is 65.3 Å². The maximum Gasteiger partial charge on any atom is 0.313 e. The molecular weight excluding hydrogens is 716 g/mol. The van der Waals surface area contributed by atoms with Crippen molar-refractivity contribution in [2.24, 2.45) is 11.8 Å². The molecule has 0 unspecified atom stereocenters. The van der Waals surface area contributed by atoms with Gasteiger partial charge in [-0.3, -0.25) is 19.2 Å². The van der Waals surface area contributed by atoms with E-state index in [2.05, 4.69) is 40.0 Å². The van der Waals surface area contributed by atoms with Gasteiger partial charge in [0, 0.05) is 41.9 Å². The molecule has 272 valence electrons. The van der Waals surface area contributed by atoms with Crippen LogP contribution in [-0.4, -0.2) is 89.8 Å². The molecule has 2 aromatic carbocycles. The van der Waals surface area contributed by atoms with Crippen molar-refractivity contribution in [3.63, 3.8) is 0 Å². The van der Waals surface area contributed by atoms with Gasteiger partial charge in [-0.05, 0) is 69.5 Å². The molecule has 2 saturated heterocycles. The number of hydrogen-bond donors (Lipinski definition) is 2. The number of cyclic esters (lactones) is 1. The number of benzene rings is 2. The quantitative estimate of drug-likeness (QED) is 0.294. The predicted molar refractivity (Wildman–Crippen MR) is 197 cm³/mol. The Morgan fingerprint density at radius 2 is 1.69 bits per heavy atom. The summed E-state index contributed by atoms with van der Waals surface area (Å²) in [6.07, 6.45) is 4.76. The number of carbonyl (C=O) groups excluding carboxylic acids is 4. The first-order valence-electron chi connectivity index (χ1n) is 17.9. The molecule has 0 aromatic heterocycles. The van der Waals surface area contributed by atoms with Crippen molar-refractivity contribution in [1.82, 2.24) is 10.2 Å². The lowest BCUT2D eigenvalue weighted by atomic mass is 9.74. The zero-order valence-electron chi connectivity index (χ0n) is 29.5. The number of carbonyl (C=O) groups is 4. The Balaban J connectivity index is 1.47. The number of hydrogen-bond acceptors (Lipinski definition) is 8. The first kappa shape index (κ1) is 36.8. The van der Waals surface area contributed by atoms with E-state index in [9.17, 15) is 19.5 Å². The standard InChI is InChI=1S/C39H47BrN4O7/c1-5-26(23-45)44-35-37(48)43(28-19-17-27(18-20-28)42(6-2)7-3)21-13-9-12-16-30(46)41-24(4)33(25-14-10-8-11-15-25)50-38(49)31-32(36(44)47)39(35)22-29(40)34(31)51-39/h8-11,13-15,17-20,22,24,26,31-35,45H,5-7,12,16,21,23H2,1-4H3,(H,41,46)/b13-9-/t24-,26-,31+,32-,33+,34+,35+,39-/m0/s1. The lowest BCUT2D eigenvalue weighted by Gasteiger charge is -2.38. The summed E-state index contributed by atoms with van der Waals surface area (Å²) in [6, 6.07) is 14.4. The maximum absolute atomic E-state index is 15.2. The number of likely N-dealkylation sites (tertiary alicyclic amines) is 1. The number of amides is 3. The van der Waals surface area contributed by atoms with E-state index in [-0.39, 0.29) is 25.5 Å². The molecule has 3 amide bonds. The smallest absolute Gasteiger partial charge is 0.313 e. The van der Waals surface area contributed by atoms with E-state index in [4.69, 9.17) is 9.47 Å². The molecule has 0 aliphatic carbocycles. The van der Waals surface area contributed by atoms with E-state index < -0.39 is 65.6 Å². The van der Waals surface area contributed by atoms with Gasteiger partial charge >= 0.3 is 5.97 Å². The second kappa shape index (κ2) is 15.3. The summed E-state index contributed by atoms with van der Waals surface area (Å²) in [5.41, 5.74) is 0.820. The molecule has 0 saturated carbocycles. The molecule has 2 N–H and O–H groups in total. The molecule has 8 atom stereocenters. The number of ether oxygens (including phenoxy) is 2. The third-order valence-corrected chi connectivity index (χ3v) is 11.4. The molecule has 2 aromatic rings. The molecule has 51 heavy (non-hydrogen) atoms. The van der Waals surface area contributed by atoms with Crippen molar-refractivity contribution in [2.45, 2.75) is 82.9 Å². The van der Waals surface area contributed by atoms with Crippen LogP contribution in [0, 0.1) is 11.8 Å². The normalized spacial score (nSPS) is 30.8. The van der Waals surface area contributed by atoms with Gasteiger partial charge in [-0.25, -0.2) is 0 Å². The van der Waals surface area contributed by atoms with Crippen molar-refractivity contribution in [1.29, 1.82) is 0 Å². The van der Waals surface area contributed by atoms with E-state index in [0.717, 1.165) is 18.8 Å². The number of aliphatic hydroxyl groups excluding tert-OH is 1. The van der Waals surface area contributed by atoms with Crippen LogP contribution in [0.25, 0.3) is 0 Å². The number of nitrogens with zero attached hydrogens (tertiary/aromatic N) is 3. The number of rotatable bonds is 8. The van der Waals surface area contributed by atoms with Crippen molar-refractivity contribution < 1.29 is 33.8 Å². The van der Waals surface area contributed by atoms with Gasteiger partial charge in [-0.2, -0.15) is 0 Å². The maximum atomic E-state index is 15.2. The molecular formula is C39H47BrN4O7. The number of nitrogens with one attached hydrogen (secondary N) is 1. The third kappa shape index (κ3) is 6.62. The molecule has 12 heteroatoms. The number of aliphatic hydroxyl groups is 1. The highest BCUT2D eigenvalue weighted by Crippen LogP contribution is 2.59. The van der Waals surface area contributed by atoms with E-state index in [1.165, 1.54) is 4.90 Å². The van der Waals surface area contributed by atoms with Crippen LogP contribution in [0.4, 0.5) is 11.4 Å². The summed E-state index contributed by atoms with van der Waals surface area (Å²) in [4.78, 5) is 62.7. The minimum Gasteiger partial charge on any atom is -0.455 e. The van der Waals surface area contributed by atoms with E-state index in [1.807, 2.05) is 73.7 Å². The lowest BCUT2D eigenvalue weighted by Crippen LogP contribution is -2.58. The summed E-state index contributed by atoms with van der Waals surface area (Å²) in [6.45, 7) is 9.24. The van der Waals surface area contributed by atoms with Gasteiger partial charge in [0.1, 0.15) is 29.8 Å². The average Bonchev–Trinajstić information content (AvgIpc) is 3.73. The van der Waals surface area contributed by atoms with Crippen LogP contribution in [0.2, 0.25) is 0 Å². The zero-order valence-corrected chi connectivity index (χ0v) is 31.1. The topological polar surface area (TPSA) is 129 Å². The summed E-state index contributed by atoms with van der Waals surface area (Å²) in [5.74, 6) is -3.88. The van der Waals surface area contributed by atoms with Crippen LogP contribution < -0.4 is 15.1 Å². The SMILES string of the molecule is CC[C@@H](CO)N1C(=O)[C@@H]2[C@H]3C(=O)O[C@@H](c4ccccc4)[C@H](C)NC(=O)CC/C=C\CN(c4ccc(N(CC)CC)cc4)C(=O)[C@@H]1[C@]21C=C(Br)[C@H]3O1. The highest BCUT2D eigenvalue weighted by Gasteiger charge is 2.75. The van der Waals surface area contributed by atoms with Crippen LogP contribution in [-0.2, 0) is 28.7 Å². The molecule has 4 aliphatic rings. The van der Waals surface area contributed by atoms with Crippen LogP contribution in [0.15, 0.2) is 77.3 Å². The fourth-order valence-corrected chi connectivity index (χ4v) is 8.87. The van der Waals surface area contributed by atoms with Gasteiger partial charge in [-0.15, -0.1) is 0 Å². The number of halogens is 1. The van der Waals surface area contributed by atoms with Gasteiger partial charge in [0.25, 0.3) is 5.91 Å². The highest BCUT2D eigenvalue weighted by molar-refractivity contribution is 9.11. The molecule has 0 radical (unpaired) electrons. The molecule has 1 spiro atoms. The Morgan fingerprint density at radius 1 is 0.980 bits per heavy atom. The summed E-state index contributed by atoms with van der Waals surface area (Å²) in [5, 5.41) is 13.6. The van der Waals surface area contributed by atoms with Crippen LogP contribution >= 0.6 is 15.9 Å². The fraction of sp³-hybridized carbons (Fsp3) is 0.487. The predicted octanol–water partition coefficient (Wildman–Crippen LogP) is 4.65. The first-order valence-corrected chi connectivity index (χ1v) is 18.7. The minimum absolute atomic E-state index is 0.159. The fourth-order valence-electron chi connectivity index (χ4n) is 8.13. The second-order valence-electron chi connectivity index (χ2n) is 13.6. The Hall–Kier alpha value is -4.00. The first-order chi connectivity index (χ1) is 24.6. The summed E-state index contributed by atoms with van der Waals surface area (Å²) < 4.78 is 13.5. The monoisotopic (exact) mass is 762 g/mol.